The summed E-state index contributed by atoms with van der Waals surface area (Å²) >= 11 is 0. The fourth-order valence-electron chi connectivity index (χ4n) is 2.09. The monoisotopic (exact) mass is 132 g/mol. The third kappa shape index (κ3) is 0.684. The smallest absolute Gasteiger partial charge is 0.101 e. The molecule has 9 heavy (non-hydrogen) atoms. The van der Waals surface area contributed by atoms with Crippen molar-refractivity contribution in [3.8, 4) is 0 Å². The summed E-state index contributed by atoms with van der Waals surface area (Å²) in [6.45, 7) is 0. The average molecular weight is 132 g/mol. The van der Waals surface area contributed by atoms with E-state index in [0.717, 1.165) is 0 Å². The minimum Gasteiger partial charge on any atom is -0.247 e. The van der Waals surface area contributed by atoms with Crippen molar-refractivity contribution in [3.05, 3.63) is 0 Å². The van der Waals surface area contributed by atoms with Gasteiger partial charge in [-0.15, -0.1) is 0 Å². The molecule has 0 unspecified atom stereocenters. The van der Waals surface area contributed by atoms with Crippen LogP contribution in [0.3, 0.4) is 0 Å². The molecule has 2 heteroatoms. The molecule has 0 aromatic carbocycles. The SMILES string of the molecule is FC1CC2(C1)CC(F)C2. The Balaban J connectivity index is 1.87. The van der Waals surface area contributed by atoms with Gasteiger partial charge in [0.05, 0.1) is 0 Å². The Morgan fingerprint density at radius 1 is 0.889 bits per heavy atom. The Kier molecular flexibility index (Phi) is 0.920. The molecule has 0 radical (unpaired) electrons. The van der Waals surface area contributed by atoms with Crippen molar-refractivity contribution >= 4 is 0 Å². The summed E-state index contributed by atoms with van der Waals surface area (Å²) in [4.78, 5) is 0. The second-order valence-electron chi connectivity index (χ2n) is 3.51. The van der Waals surface area contributed by atoms with E-state index in [1.807, 2.05) is 0 Å². The topological polar surface area (TPSA) is 0 Å². The number of rotatable bonds is 0. The van der Waals surface area contributed by atoms with E-state index in [2.05, 4.69) is 0 Å². The maximum atomic E-state index is 12.2. The molecule has 0 N–H and O–H groups in total. The Bertz CT molecular complexity index is 101. The van der Waals surface area contributed by atoms with Crippen LogP contribution in [-0.4, -0.2) is 12.3 Å². The first-order chi connectivity index (χ1) is 4.20. The van der Waals surface area contributed by atoms with Gasteiger partial charge in [0.1, 0.15) is 12.3 Å². The van der Waals surface area contributed by atoms with E-state index in [9.17, 15) is 8.78 Å². The predicted octanol–water partition coefficient (Wildman–Crippen LogP) is 2.24. The molecular formula is C7H10F2. The van der Waals surface area contributed by atoms with E-state index < -0.39 is 12.3 Å². The number of alkyl halides is 2. The van der Waals surface area contributed by atoms with Gasteiger partial charge in [-0.2, -0.15) is 0 Å². The highest BCUT2D eigenvalue weighted by molar-refractivity contribution is 5.03. The van der Waals surface area contributed by atoms with E-state index in [4.69, 9.17) is 0 Å². The minimum absolute atomic E-state index is 0.138. The Morgan fingerprint density at radius 2 is 1.22 bits per heavy atom. The molecule has 0 aliphatic heterocycles. The number of halogens is 2. The van der Waals surface area contributed by atoms with Gasteiger partial charge in [0.15, 0.2) is 0 Å². The molecule has 0 heterocycles. The van der Waals surface area contributed by atoms with Gasteiger partial charge >= 0.3 is 0 Å². The summed E-state index contributed by atoms with van der Waals surface area (Å²) in [7, 11) is 0. The van der Waals surface area contributed by atoms with Crippen molar-refractivity contribution in [3.63, 3.8) is 0 Å². The van der Waals surface area contributed by atoms with Gasteiger partial charge in [0, 0.05) is 0 Å². The van der Waals surface area contributed by atoms with Crippen molar-refractivity contribution in [2.75, 3.05) is 0 Å². The molecule has 2 aliphatic rings. The summed E-state index contributed by atoms with van der Waals surface area (Å²) in [5.41, 5.74) is 0.138. The van der Waals surface area contributed by atoms with Crippen molar-refractivity contribution in [1.29, 1.82) is 0 Å². The summed E-state index contributed by atoms with van der Waals surface area (Å²) < 4.78 is 24.5. The fourth-order valence-corrected chi connectivity index (χ4v) is 2.09. The maximum Gasteiger partial charge on any atom is 0.101 e. The van der Waals surface area contributed by atoms with Crippen LogP contribution in [0.5, 0.6) is 0 Å². The van der Waals surface area contributed by atoms with Gasteiger partial charge in [-0.3, -0.25) is 0 Å². The van der Waals surface area contributed by atoms with Crippen LogP contribution in [0.25, 0.3) is 0 Å². The van der Waals surface area contributed by atoms with Crippen LogP contribution in [0.15, 0.2) is 0 Å². The molecule has 1 spiro atoms. The molecule has 2 rings (SSSR count). The molecule has 52 valence electrons. The van der Waals surface area contributed by atoms with Crippen molar-refractivity contribution < 1.29 is 8.78 Å². The highest BCUT2D eigenvalue weighted by atomic mass is 19.1. The molecule has 2 fully saturated rings. The van der Waals surface area contributed by atoms with Crippen LogP contribution >= 0.6 is 0 Å². The molecule has 2 aliphatic carbocycles. The second kappa shape index (κ2) is 1.47. The zero-order valence-corrected chi connectivity index (χ0v) is 5.24. The standard InChI is InChI=1S/C7H10F2/c8-5-1-7(2-5)3-6(9)4-7/h5-6H,1-4H2. The summed E-state index contributed by atoms with van der Waals surface area (Å²) in [5.74, 6) is 0. The van der Waals surface area contributed by atoms with Gasteiger partial charge in [0.25, 0.3) is 0 Å². The van der Waals surface area contributed by atoms with Gasteiger partial charge in [-0.25, -0.2) is 8.78 Å². The first kappa shape index (κ1) is 5.63. The van der Waals surface area contributed by atoms with Crippen molar-refractivity contribution in [1.82, 2.24) is 0 Å². The molecule has 0 saturated heterocycles. The quantitative estimate of drug-likeness (QED) is 0.474. The van der Waals surface area contributed by atoms with Crippen LogP contribution < -0.4 is 0 Å². The van der Waals surface area contributed by atoms with Crippen LogP contribution in [-0.2, 0) is 0 Å². The first-order valence-electron chi connectivity index (χ1n) is 3.48. The van der Waals surface area contributed by atoms with Gasteiger partial charge in [-0.05, 0) is 31.1 Å². The zero-order chi connectivity index (χ0) is 6.48. The number of hydrogen-bond acceptors (Lipinski definition) is 0. The molecule has 2 saturated carbocycles. The Labute approximate surface area is 53.2 Å². The molecule has 0 aromatic heterocycles. The van der Waals surface area contributed by atoms with Gasteiger partial charge < -0.3 is 0 Å². The van der Waals surface area contributed by atoms with Gasteiger partial charge in [-0.1, -0.05) is 0 Å². The predicted molar refractivity (Wildman–Crippen MR) is 30.7 cm³/mol. The summed E-state index contributed by atoms with van der Waals surface area (Å²) in [6, 6.07) is 0. The lowest BCUT2D eigenvalue weighted by molar-refractivity contribution is -0.0879. The third-order valence-corrected chi connectivity index (χ3v) is 2.62. The van der Waals surface area contributed by atoms with E-state index in [1.165, 1.54) is 0 Å². The second-order valence-corrected chi connectivity index (χ2v) is 3.51. The molecule has 0 amide bonds. The largest absolute Gasteiger partial charge is 0.247 e. The first-order valence-corrected chi connectivity index (χ1v) is 3.48. The highest BCUT2D eigenvalue weighted by Gasteiger charge is 2.53. The van der Waals surface area contributed by atoms with E-state index >= 15 is 0 Å². The van der Waals surface area contributed by atoms with Crippen LogP contribution in [0, 0.1) is 5.41 Å². The van der Waals surface area contributed by atoms with E-state index in [0.29, 0.717) is 25.7 Å². The average Bonchev–Trinajstić information content (AvgIpc) is 1.58. The Hall–Kier alpha value is -0.140. The lowest BCUT2D eigenvalue weighted by Gasteiger charge is -2.52. The molecule has 0 atom stereocenters. The van der Waals surface area contributed by atoms with Gasteiger partial charge in [0.2, 0.25) is 0 Å². The normalized spacial score (nSPS) is 56.7. The van der Waals surface area contributed by atoms with Crippen LogP contribution in [0.1, 0.15) is 25.7 Å². The van der Waals surface area contributed by atoms with Crippen molar-refractivity contribution in [2.24, 2.45) is 5.41 Å². The highest BCUT2D eigenvalue weighted by Crippen LogP contribution is 2.57. The fraction of sp³-hybridized carbons (Fsp3) is 1.00. The summed E-state index contributed by atoms with van der Waals surface area (Å²) in [6.07, 6.45) is 1.30. The van der Waals surface area contributed by atoms with Crippen molar-refractivity contribution in [2.45, 2.75) is 38.0 Å². The lowest BCUT2D eigenvalue weighted by Crippen LogP contribution is -2.49. The minimum atomic E-state index is -0.613. The molecule has 0 aromatic rings. The lowest BCUT2D eigenvalue weighted by atomic mass is 9.54. The van der Waals surface area contributed by atoms with E-state index in [1.54, 1.807) is 0 Å². The van der Waals surface area contributed by atoms with Crippen LogP contribution in [0.4, 0.5) is 8.78 Å². The van der Waals surface area contributed by atoms with E-state index in [-0.39, 0.29) is 5.41 Å². The third-order valence-electron chi connectivity index (χ3n) is 2.62. The number of hydrogen-bond donors (Lipinski definition) is 0. The molecule has 0 nitrogen and oxygen atoms in total. The Morgan fingerprint density at radius 3 is 1.44 bits per heavy atom. The maximum absolute atomic E-state index is 12.2. The summed E-state index contributed by atoms with van der Waals surface area (Å²) in [5, 5.41) is 0. The van der Waals surface area contributed by atoms with Crippen LogP contribution in [0.2, 0.25) is 0 Å². The molecular weight excluding hydrogens is 122 g/mol. The zero-order valence-electron chi connectivity index (χ0n) is 5.24. The molecule has 0 bridgehead atoms.